The third-order valence-electron chi connectivity index (χ3n) is 2.82. The van der Waals surface area contributed by atoms with Crippen LogP contribution in [0.15, 0.2) is 30.3 Å². The first-order valence-corrected chi connectivity index (χ1v) is 5.68. The monoisotopic (exact) mass is 221 g/mol. The number of hydrogen-bond donors (Lipinski definition) is 1. The van der Waals surface area contributed by atoms with Gasteiger partial charge >= 0.3 is 0 Å². The van der Waals surface area contributed by atoms with Gasteiger partial charge in [0.25, 0.3) is 0 Å². The predicted molar refractivity (Wildman–Crippen MR) is 63.0 cm³/mol. The molecule has 0 saturated carbocycles. The summed E-state index contributed by atoms with van der Waals surface area (Å²) in [4.78, 5) is 0. The highest BCUT2D eigenvalue weighted by atomic mass is 16.7. The zero-order valence-corrected chi connectivity index (χ0v) is 9.85. The van der Waals surface area contributed by atoms with Gasteiger partial charge in [-0.1, -0.05) is 30.3 Å². The van der Waals surface area contributed by atoms with E-state index in [9.17, 15) is 0 Å². The Balaban J connectivity index is 2.03. The van der Waals surface area contributed by atoms with Gasteiger partial charge in [-0.25, -0.2) is 0 Å². The minimum Gasteiger partial charge on any atom is -0.349 e. The largest absolute Gasteiger partial charge is 0.349 e. The molecule has 16 heavy (non-hydrogen) atoms. The van der Waals surface area contributed by atoms with Crippen LogP contribution in [0.5, 0.6) is 0 Å². The summed E-state index contributed by atoms with van der Waals surface area (Å²) in [6, 6.07) is 10.2. The Labute approximate surface area is 96.5 Å². The van der Waals surface area contributed by atoms with E-state index >= 15 is 0 Å². The third kappa shape index (κ3) is 2.82. The highest BCUT2D eigenvalue weighted by Gasteiger charge is 2.34. The highest BCUT2D eigenvalue weighted by Crippen LogP contribution is 2.23. The Kier molecular flexibility index (Phi) is 3.28. The van der Waals surface area contributed by atoms with E-state index in [-0.39, 0.29) is 12.1 Å². The summed E-state index contributed by atoms with van der Waals surface area (Å²) >= 11 is 0. The van der Waals surface area contributed by atoms with Crippen LogP contribution in [-0.4, -0.2) is 24.5 Å². The Hall–Kier alpha value is -0.900. The molecule has 1 aliphatic rings. The number of nitrogens with two attached hydrogens (primary N) is 1. The van der Waals surface area contributed by atoms with E-state index in [1.165, 1.54) is 5.56 Å². The maximum Gasteiger partial charge on any atom is 0.163 e. The average molecular weight is 221 g/mol. The van der Waals surface area contributed by atoms with E-state index in [2.05, 4.69) is 12.1 Å². The fourth-order valence-corrected chi connectivity index (χ4v) is 1.93. The SMILES string of the molecule is CC1(C)OC[C@@H](N)[C@H](Cc2ccccc2)O1. The van der Waals surface area contributed by atoms with Crippen molar-refractivity contribution >= 4 is 0 Å². The van der Waals surface area contributed by atoms with E-state index < -0.39 is 5.79 Å². The zero-order chi connectivity index (χ0) is 11.6. The fraction of sp³-hybridized carbons (Fsp3) is 0.538. The van der Waals surface area contributed by atoms with Crippen molar-refractivity contribution in [2.75, 3.05) is 6.61 Å². The smallest absolute Gasteiger partial charge is 0.163 e. The molecule has 2 atom stereocenters. The van der Waals surface area contributed by atoms with Crippen molar-refractivity contribution in [3.05, 3.63) is 35.9 Å². The molecule has 1 heterocycles. The first-order valence-electron chi connectivity index (χ1n) is 5.68. The van der Waals surface area contributed by atoms with Crippen LogP contribution in [0.1, 0.15) is 19.4 Å². The first-order chi connectivity index (χ1) is 7.57. The Morgan fingerprint density at radius 1 is 1.31 bits per heavy atom. The maximum absolute atomic E-state index is 6.00. The first kappa shape index (κ1) is 11.6. The summed E-state index contributed by atoms with van der Waals surface area (Å²) in [6.07, 6.45) is 0.876. The van der Waals surface area contributed by atoms with Crippen molar-refractivity contribution in [3.63, 3.8) is 0 Å². The molecule has 0 aliphatic carbocycles. The summed E-state index contributed by atoms with van der Waals surface area (Å²) in [5, 5.41) is 0. The molecule has 2 rings (SSSR count). The molecule has 1 aromatic rings. The summed E-state index contributed by atoms with van der Waals surface area (Å²) in [5.41, 5.74) is 7.25. The standard InChI is InChI=1S/C13H19NO2/c1-13(2)15-9-11(14)12(16-13)8-10-6-4-3-5-7-10/h3-7,11-12H,8-9,14H2,1-2H3/t11-,12+/m1/s1. The van der Waals surface area contributed by atoms with Gasteiger partial charge in [0.1, 0.15) is 0 Å². The zero-order valence-electron chi connectivity index (χ0n) is 9.85. The van der Waals surface area contributed by atoms with E-state index in [1.807, 2.05) is 32.0 Å². The minimum absolute atomic E-state index is 0.0335. The van der Waals surface area contributed by atoms with Crippen molar-refractivity contribution in [2.45, 2.75) is 38.2 Å². The van der Waals surface area contributed by atoms with Crippen molar-refractivity contribution < 1.29 is 9.47 Å². The summed E-state index contributed by atoms with van der Waals surface area (Å²) in [5.74, 6) is -0.519. The second kappa shape index (κ2) is 4.53. The molecular weight excluding hydrogens is 202 g/mol. The van der Waals surface area contributed by atoms with Crippen LogP contribution in [0.3, 0.4) is 0 Å². The Morgan fingerprint density at radius 2 is 2.00 bits per heavy atom. The van der Waals surface area contributed by atoms with Gasteiger partial charge in [0.15, 0.2) is 5.79 Å². The molecule has 1 aliphatic heterocycles. The summed E-state index contributed by atoms with van der Waals surface area (Å²) < 4.78 is 11.3. The molecule has 2 N–H and O–H groups in total. The molecule has 0 bridgehead atoms. The molecule has 0 aromatic heterocycles. The second-order valence-electron chi connectivity index (χ2n) is 4.72. The van der Waals surface area contributed by atoms with Crippen molar-refractivity contribution in [1.82, 2.24) is 0 Å². The van der Waals surface area contributed by atoms with E-state index in [1.54, 1.807) is 0 Å². The lowest BCUT2D eigenvalue weighted by atomic mass is 10.0. The van der Waals surface area contributed by atoms with Crippen molar-refractivity contribution in [3.8, 4) is 0 Å². The maximum atomic E-state index is 6.00. The molecule has 3 nitrogen and oxygen atoms in total. The van der Waals surface area contributed by atoms with Gasteiger partial charge in [0.2, 0.25) is 0 Å². The van der Waals surface area contributed by atoms with Gasteiger partial charge in [-0.05, 0) is 19.4 Å². The van der Waals surface area contributed by atoms with Gasteiger partial charge in [-0.2, -0.15) is 0 Å². The van der Waals surface area contributed by atoms with Crippen LogP contribution in [0.25, 0.3) is 0 Å². The lowest BCUT2D eigenvalue weighted by Crippen LogP contribution is -2.53. The van der Waals surface area contributed by atoms with Crippen LogP contribution < -0.4 is 5.73 Å². The number of benzene rings is 1. The number of hydrogen-bond acceptors (Lipinski definition) is 3. The molecule has 1 fully saturated rings. The lowest BCUT2D eigenvalue weighted by molar-refractivity contribution is -0.278. The molecule has 0 amide bonds. The van der Waals surface area contributed by atoms with Gasteiger partial charge < -0.3 is 15.2 Å². The van der Waals surface area contributed by atoms with E-state index in [0.717, 1.165) is 6.42 Å². The van der Waals surface area contributed by atoms with Crippen LogP contribution in [0.2, 0.25) is 0 Å². The average Bonchev–Trinajstić information content (AvgIpc) is 2.25. The molecule has 1 aromatic carbocycles. The Morgan fingerprint density at radius 3 is 2.69 bits per heavy atom. The van der Waals surface area contributed by atoms with Crippen LogP contribution >= 0.6 is 0 Å². The van der Waals surface area contributed by atoms with Crippen molar-refractivity contribution in [2.24, 2.45) is 5.73 Å². The van der Waals surface area contributed by atoms with Crippen LogP contribution in [0.4, 0.5) is 0 Å². The van der Waals surface area contributed by atoms with Crippen molar-refractivity contribution in [1.29, 1.82) is 0 Å². The number of rotatable bonds is 2. The summed E-state index contributed by atoms with van der Waals surface area (Å²) in [6.45, 7) is 4.41. The lowest BCUT2D eigenvalue weighted by Gasteiger charge is -2.39. The van der Waals surface area contributed by atoms with Gasteiger partial charge in [-0.3, -0.25) is 0 Å². The molecule has 0 radical (unpaired) electrons. The second-order valence-corrected chi connectivity index (χ2v) is 4.72. The highest BCUT2D eigenvalue weighted by molar-refractivity contribution is 5.16. The van der Waals surface area contributed by atoms with Gasteiger partial charge in [0, 0.05) is 6.42 Å². The fourth-order valence-electron chi connectivity index (χ4n) is 1.93. The normalized spacial score (nSPS) is 28.9. The molecule has 0 spiro atoms. The van der Waals surface area contributed by atoms with Crippen LogP contribution in [0, 0.1) is 0 Å². The third-order valence-corrected chi connectivity index (χ3v) is 2.82. The number of ether oxygens (including phenoxy) is 2. The molecule has 3 heteroatoms. The topological polar surface area (TPSA) is 44.5 Å². The molecule has 0 unspecified atom stereocenters. The quantitative estimate of drug-likeness (QED) is 0.826. The van der Waals surface area contributed by atoms with E-state index in [0.29, 0.717) is 6.61 Å². The van der Waals surface area contributed by atoms with Gasteiger partial charge in [-0.15, -0.1) is 0 Å². The Bertz CT molecular complexity index is 337. The predicted octanol–water partition coefficient (Wildman–Crippen LogP) is 1.71. The van der Waals surface area contributed by atoms with Gasteiger partial charge in [0.05, 0.1) is 18.8 Å². The summed E-state index contributed by atoms with van der Waals surface area (Å²) in [7, 11) is 0. The molecule has 88 valence electrons. The molecule has 1 saturated heterocycles. The van der Waals surface area contributed by atoms with E-state index in [4.69, 9.17) is 15.2 Å². The molecular formula is C13H19NO2. The minimum atomic E-state index is -0.519. The van der Waals surface area contributed by atoms with Crippen LogP contribution in [-0.2, 0) is 15.9 Å².